The number of carbonyl (C=O) groups is 2. The molecule has 0 aromatic heterocycles. The van der Waals surface area contributed by atoms with Crippen molar-refractivity contribution >= 4 is 11.9 Å². The van der Waals surface area contributed by atoms with Gasteiger partial charge in [-0.25, -0.2) is 4.79 Å². The maximum absolute atomic E-state index is 11.8. The van der Waals surface area contributed by atoms with Crippen LogP contribution in [0.25, 0.3) is 0 Å². The van der Waals surface area contributed by atoms with Crippen LogP contribution in [0.5, 0.6) is 0 Å². The Bertz CT molecular complexity index is 582. The molecule has 0 radical (unpaired) electrons. The minimum Gasteiger partial charge on any atom is -0.477 e. The van der Waals surface area contributed by atoms with Crippen molar-refractivity contribution in [2.75, 3.05) is 41.0 Å². The van der Waals surface area contributed by atoms with Crippen LogP contribution in [0, 0.1) is 0 Å². The number of likely N-dealkylation sites (N-methyl/N-ethyl adjacent to an activating group) is 1. The van der Waals surface area contributed by atoms with Crippen molar-refractivity contribution in [1.82, 2.24) is 0 Å². The van der Waals surface area contributed by atoms with Gasteiger partial charge in [-0.2, -0.15) is 0 Å². The number of hydrogen-bond donors (Lipinski definition) is 2. The topological polar surface area (TPSA) is 93.1 Å². The van der Waals surface area contributed by atoms with E-state index in [-0.39, 0.29) is 25.8 Å². The van der Waals surface area contributed by atoms with Crippen LogP contribution in [0.2, 0.25) is 0 Å². The van der Waals surface area contributed by atoms with Crippen molar-refractivity contribution in [2.45, 2.75) is 96.1 Å². The van der Waals surface area contributed by atoms with Gasteiger partial charge in [0.05, 0.1) is 34.4 Å². The van der Waals surface area contributed by atoms with Gasteiger partial charge in [-0.05, 0) is 32.1 Å². The second kappa shape index (κ2) is 20.7. The van der Waals surface area contributed by atoms with Crippen molar-refractivity contribution in [1.29, 1.82) is 0 Å². The lowest BCUT2D eigenvalue weighted by Gasteiger charge is -2.31. The van der Waals surface area contributed by atoms with Gasteiger partial charge in [0.25, 0.3) is 0 Å². The molecule has 2 unspecified atom stereocenters. The van der Waals surface area contributed by atoms with E-state index in [1.54, 1.807) is 0 Å². The van der Waals surface area contributed by atoms with Crippen LogP contribution in [-0.2, 0) is 19.1 Å². The zero-order valence-corrected chi connectivity index (χ0v) is 22.0. The van der Waals surface area contributed by atoms with E-state index in [4.69, 9.17) is 9.47 Å². The van der Waals surface area contributed by atoms with Crippen LogP contribution < -0.4 is 0 Å². The molecule has 198 valence electrons. The van der Waals surface area contributed by atoms with E-state index in [1.165, 1.54) is 25.7 Å². The number of ether oxygens (including phenoxy) is 2. The van der Waals surface area contributed by atoms with E-state index in [9.17, 15) is 19.8 Å². The number of quaternary nitrogens is 1. The second-order valence-corrected chi connectivity index (χ2v) is 9.77. The number of hydrogen-bond acceptors (Lipinski definition) is 5. The number of aliphatic hydroxyl groups is 1. The molecule has 0 fully saturated rings. The lowest BCUT2D eigenvalue weighted by atomic mass is 10.1. The molecule has 0 aliphatic rings. The second-order valence-electron chi connectivity index (χ2n) is 9.77. The smallest absolute Gasteiger partial charge is 0.362 e. The molecule has 0 aromatic rings. The molecule has 0 spiro atoms. The summed E-state index contributed by atoms with van der Waals surface area (Å²) >= 11 is 0. The van der Waals surface area contributed by atoms with Gasteiger partial charge in [0, 0.05) is 12.8 Å². The molecule has 0 bridgehead atoms. The normalized spacial score (nSPS) is 14.0. The van der Waals surface area contributed by atoms with Crippen LogP contribution in [0.15, 0.2) is 24.3 Å². The molecule has 2 atom stereocenters. The van der Waals surface area contributed by atoms with Crippen LogP contribution >= 0.6 is 0 Å². The molecule has 0 amide bonds. The zero-order valence-electron chi connectivity index (χ0n) is 22.0. The summed E-state index contributed by atoms with van der Waals surface area (Å²) in [6, 6.07) is -0.574. The summed E-state index contributed by atoms with van der Waals surface area (Å²) in [5.41, 5.74) is 0. The first-order valence-electron chi connectivity index (χ1n) is 12.9. The number of aliphatic carboxylic acids is 1. The third kappa shape index (κ3) is 19.7. The van der Waals surface area contributed by atoms with Crippen molar-refractivity contribution in [3.05, 3.63) is 24.3 Å². The summed E-state index contributed by atoms with van der Waals surface area (Å²) in [4.78, 5) is 23.1. The van der Waals surface area contributed by atoms with E-state index < -0.39 is 18.1 Å². The first-order valence-corrected chi connectivity index (χ1v) is 12.9. The van der Waals surface area contributed by atoms with E-state index in [2.05, 4.69) is 31.2 Å². The Labute approximate surface area is 207 Å². The summed E-state index contributed by atoms with van der Waals surface area (Å²) in [6.07, 6.45) is 19.9. The number of rotatable bonds is 22. The number of esters is 1. The highest BCUT2D eigenvalue weighted by Crippen LogP contribution is 2.11. The number of carboxylic acid groups (broad SMARTS) is 1. The lowest BCUT2D eigenvalue weighted by molar-refractivity contribution is -0.887. The molecule has 0 aliphatic carbocycles. The number of unbranched alkanes of at least 4 members (excludes halogenated alkanes) is 7. The highest BCUT2D eigenvalue weighted by atomic mass is 16.5. The summed E-state index contributed by atoms with van der Waals surface area (Å²) in [6.45, 7) is 2.29. The van der Waals surface area contributed by atoms with Crippen molar-refractivity contribution in [2.24, 2.45) is 0 Å². The molecule has 7 nitrogen and oxygen atoms in total. The predicted molar refractivity (Wildman–Crippen MR) is 137 cm³/mol. The van der Waals surface area contributed by atoms with Crippen LogP contribution in [-0.4, -0.2) is 79.7 Å². The molecule has 34 heavy (non-hydrogen) atoms. The van der Waals surface area contributed by atoms with Gasteiger partial charge in [-0.15, -0.1) is 0 Å². The third-order valence-corrected chi connectivity index (χ3v) is 5.60. The predicted octanol–water partition coefficient (Wildman–Crippen LogP) is 4.88. The Balaban J connectivity index is 3.59. The van der Waals surface area contributed by atoms with Gasteiger partial charge in [0.1, 0.15) is 12.7 Å². The Morgan fingerprint density at radius 2 is 1.50 bits per heavy atom. The quantitative estimate of drug-likeness (QED) is 0.0985. The number of nitrogens with zero attached hydrogens (tertiary/aromatic N) is 1. The largest absolute Gasteiger partial charge is 0.477 e. The molecule has 0 aliphatic heterocycles. The summed E-state index contributed by atoms with van der Waals surface area (Å²) in [5.74, 6) is -1.17. The molecule has 0 aromatic carbocycles. The van der Waals surface area contributed by atoms with Crippen LogP contribution in [0.3, 0.4) is 0 Å². The lowest BCUT2D eigenvalue weighted by Crippen LogP contribution is -2.50. The minimum absolute atomic E-state index is 0.0163. The third-order valence-electron chi connectivity index (χ3n) is 5.60. The van der Waals surface area contributed by atoms with Crippen molar-refractivity contribution in [3.8, 4) is 0 Å². The summed E-state index contributed by atoms with van der Waals surface area (Å²) in [7, 11) is 5.46. The Morgan fingerprint density at radius 1 is 0.882 bits per heavy atom. The van der Waals surface area contributed by atoms with E-state index in [0.717, 1.165) is 38.5 Å². The molecule has 2 N–H and O–H groups in total. The first-order chi connectivity index (χ1) is 16.2. The number of carboxylic acids is 1. The fraction of sp³-hybridized carbons (Fsp3) is 0.778. The van der Waals surface area contributed by atoms with Gasteiger partial charge in [-0.3, -0.25) is 4.79 Å². The fourth-order valence-corrected chi connectivity index (χ4v) is 3.54. The van der Waals surface area contributed by atoms with Gasteiger partial charge >= 0.3 is 11.9 Å². The maximum Gasteiger partial charge on any atom is 0.362 e. The van der Waals surface area contributed by atoms with Crippen LogP contribution in [0.1, 0.15) is 84.0 Å². The average molecular weight is 485 g/mol. The highest BCUT2D eigenvalue weighted by Gasteiger charge is 2.30. The standard InChI is InChI=1S/C27H49NO6/c1-5-6-7-8-9-10-11-12-13-14-15-16-17-18-19-26(30)34-23-24(29)22-33-21-20-25(27(31)32)28(2,3)4/h6-7,9-10,24-25,29H,5,8,11-23H2,1-4H3/p+1/b7-6+,10-9+. The number of aliphatic hydroxyl groups excluding tert-OH is 1. The Kier molecular flexibility index (Phi) is 19.6. The molecule has 7 heteroatoms. The van der Waals surface area contributed by atoms with E-state index >= 15 is 0 Å². The van der Waals surface area contributed by atoms with Gasteiger partial charge in [-0.1, -0.05) is 63.3 Å². The Hall–Kier alpha value is -1.70. The fourth-order valence-electron chi connectivity index (χ4n) is 3.54. The minimum atomic E-state index is -0.904. The molecule has 0 heterocycles. The summed E-state index contributed by atoms with van der Waals surface area (Å²) in [5, 5.41) is 19.2. The van der Waals surface area contributed by atoms with Gasteiger partial charge in [0.2, 0.25) is 0 Å². The van der Waals surface area contributed by atoms with E-state index in [1.807, 2.05) is 21.1 Å². The monoisotopic (exact) mass is 484 g/mol. The molecular formula is C27H50NO6+. The molecule has 0 saturated heterocycles. The number of carbonyl (C=O) groups excluding carboxylic acids is 1. The van der Waals surface area contributed by atoms with Gasteiger partial charge in [0.15, 0.2) is 6.04 Å². The SMILES string of the molecule is CC/C=C/C/C=C/CCCCCCCCCC(=O)OCC(O)COCCC(C(=O)O)[N+](C)(C)C. The highest BCUT2D eigenvalue weighted by molar-refractivity contribution is 5.72. The summed E-state index contributed by atoms with van der Waals surface area (Å²) < 4.78 is 10.8. The van der Waals surface area contributed by atoms with Crippen molar-refractivity contribution < 1.29 is 33.8 Å². The first kappa shape index (κ1) is 32.3. The Morgan fingerprint density at radius 3 is 2.12 bits per heavy atom. The zero-order chi connectivity index (χ0) is 25.7. The average Bonchev–Trinajstić information content (AvgIpc) is 2.76. The van der Waals surface area contributed by atoms with Gasteiger partial charge < -0.3 is 24.2 Å². The molecule has 0 saturated carbocycles. The van der Waals surface area contributed by atoms with Crippen molar-refractivity contribution in [3.63, 3.8) is 0 Å². The molecule has 0 rings (SSSR count). The maximum atomic E-state index is 11.8. The number of allylic oxidation sites excluding steroid dienone is 4. The van der Waals surface area contributed by atoms with E-state index in [0.29, 0.717) is 17.3 Å². The molecular weight excluding hydrogens is 434 g/mol. The van der Waals surface area contributed by atoms with Crippen LogP contribution in [0.4, 0.5) is 0 Å².